The third-order valence-corrected chi connectivity index (χ3v) is 2.80. The Hall–Kier alpha value is -1.57. The Labute approximate surface area is 108 Å². The van der Waals surface area contributed by atoms with Gasteiger partial charge < -0.3 is 9.84 Å². The lowest BCUT2D eigenvalue weighted by molar-refractivity contribution is -0.144. The molecule has 2 unspecified atom stereocenters. The molecule has 0 heterocycles. The molecular weight excluding hydrogens is 234 g/mol. The minimum Gasteiger partial charge on any atom is -0.481 e. The number of carboxylic acids is 1. The molecule has 0 rings (SSSR count). The third kappa shape index (κ3) is 6.89. The van der Waals surface area contributed by atoms with E-state index in [2.05, 4.69) is 6.07 Å². The zero-order valence-corrected chi connectivity index (χ0v) is 11.0. The van der Waals surface area contributed by atoms with Gasteiger partial charge in [0.15, 0.2) is 0 Å². The molecule has 102 valence electrons. The van der Waals surface area contributed by atoms with Crippen LogP contribution in [-0.4, -0.2) is 23.7 Å². The molecule has 0 aliphatic heterocycles. The quantitative estimate of drug-likeness (QED) is 0.639. The minimum absolute atomic E-state index is 0.0404. The monoisotopic (exact) mass is 255 g/mol. The molecule has 0 saturated carbocycles. The highest BCUT2D eigenvalue weighted by atomic mass is 16.5. The van der Waals surface area contributed by atoms with Gasteiger partial charge >= 0.3 is 11.9 Å². The van der Waals surface area contributed by atoms with E-state index in [0.29, 0.717) is 6.61 Å². The van der Waals surface area contributed by atoms with Gasteiger partial charge in [-0.25, -0.2) is 0 Å². The Morgan fingerprint density at radius 2 is 2.00 bits per heavy atom. The normalized spacial score (nSPS) is 13.4. The standard InChI is InChI=1S/C13H21NO4/c1-3-5-10(8-13(17)18-4-2)11(9-14)6-7-12(15)16/h10-11H,3-8H2,1-2H3,(H,15,16). The van der Waals surface area contributed by atoms with E-state index in [1.54, 1.807) is 6.92 Å². The molecular formula is C13H21NO4. The molecule has 1 N–H and O–H groups in total. The topological polar surface area (TPSA) is 87.4 Å². The van der Waals surface area contributed by atoms with Crippen molar-refractivity contribution in [2.75, 3.05) is 6.61 Å². The molecule has 2 atom stereocenters. The number of nitriles is 1. The molecule has 0 spiro atoms. The van der Waals surface area contributed by atoms with Gasteiger partial charge in [0.2, 0.25) is 0 Å². The number of aliphatic carboxylic acids is 1. The van der Waals surface area contributed by atoms with E-state index in [-0.39, 0.29) is 31.1 Å². The molecule has 0 radical (unpaired) electrons. The van der Waals surface area contributed by atoms with Gasteiger partial charge in [-0.2, -0.15) is 5.26 Å². The molecule has 0 aromatic carbocycles. The molecule has 5 heteroatoms. The molecule has 0 saturated heterocycles. The van der Waals surface area contributed by atoms with Crippen molar-refractivity contribution < 1.29 is 19.4 Å². The van der Waals surface area contributed by atoms with Crippen LogP contribution in [0.15, 0.2) is 0 Å². The number of hydrogen-bond donors (Lipinski definition) is 1. The summed E-state index contributed by atoms with van der Waals surface area (Å²) < 4.78 is 4.87. The molecule has 0 amide bonds. The van der Waals surface area contributed by atoms with E-state index in [0.717, 1.165) is 12.8 Å². The SMILES string of the molecule is CCCC(CC(=O)OCC)C(C#N)CCC(=O)O. The van der Waals surface area contributed by atoms with Crippen molar-refractivity contribution in [3.05, 3.63) is 0 Å². The molecule has 18 heavy (non-hydrogen) atoms. The Morgan fingerprint density at radius 3 is 2.44 bits per heavy atom. The lowest BCUT2D eigenvalue weighted by Crippen LogP contribution is -2.20. The van der Waals surface area contributed by atoms with Crippen molar-refractivity contribution in [1.29, 1.82) is 5.26 Å². The van der Waals surface area contributed by atoms with Gasteiger partial charge in [0, 0.05) is 12.8 Å². The zero-order chi connectivity index (χ0) is 14.0. The van der Waals surface area contributed by atoms with Crippen molar-refractivity contribution in [3.8, 4) is 6.07 Å². The van der Waals surface area contributed by atoms with Gasteiger partial charge in [0.05, 0.1) is 18.6 Å². The van der Waals surface area contributed by atoms with Crippen LogP contribution in [0.3, 0.4) is 0 Å². The van der Waals surface area contributed by atoms with Gasteiger partial charge in [-0.1, -0.05) is 13.3 Å². The summed E-state index contributed by atoms with van der Waals surface area (Å²) in [7, 11) is 0. The maximum absolute atomic E-state index is 11.4. The number of nitrogens with zero attached hydrogens (tertiary/aromatic N) is 1. The van der Waals surface area contributed by atoms with Gasteiger partial charge in [-0.15, -0.1) is 0 Å². The van der Waals surface area contributed by atoms with Crippen LogP contribution in [-0.2, 0) is 14.3 Å². The molecule has 0 fully saturated rings. The molecule has 5 nitrogen and oxygen atoms in total. The van der Waals surface area contributed by atoms with Crippen molar-refractivity contribution in [1.82, 2.24) is 0 Å². The molecule has 0 bridgehead atoms. The van der Waals surface area contributed by atoms with Crippen molar-refractivity contribution in [3.63, 3.8) is 0 Å². The highest BCUT2D eigenvalue weighted by molar-refractivity contribution is 5.69. The van der Waals surface area contributed by atoms with E-state index in [1.165, 1.54) is 0 Å². The number of esters is 1. The molecule has 0 aromatic rings. The average molecular weight is 255 g/mol. The highest BCUT2D eigenvalue weighted by Crippen LogP contribution is 2.25. The first-order valence-corrected chi connectivity index (χ1v) is 6.32. The van der Waals surface area contributed by atoms with E-state index < -0.39 is 11.9 Å². The second-order valence-corrected chi connectivity index (χ2v) is 4.23. The predicted octanol–water partition coefficient (Wildman–Crippen LogP) is 2.36. The van der Waals surface area contributed by atoms with Crippen LogP contribution in [0.5, 0.6) is 0 Å². The number of carbonyl (C=O) groups is 2. The molecule has 0 aliphatic rings. The maximum Gasteiger partial charge on any atom is 0.306 e. The average Bonchev–Trinajstić information content (AvgIpc) is 2.29. The minimum atomic E-state index is -0.915. The first-order chi connectivity index (χ1) is 8.54. The van der Waals surface area contributed by atoms with Crippen LogP contribution in [0.4, 0.5) is 0 Å². The van der Waals surface area contributed by atoms with E-state index >= 15 is 0 Å². The number of carbonyl (C=O) groups excluding carboxylic acids is 1. The van der Waals surface area contributed by atoms with Crippen LogP contribution >= 0.6 is 0 Å². The maximum atomic E-state index is 11.4. The second kappa shape index (κ2) is 9.46. The summed E-state index contributed by atoms with van der Waals surface area (Å²) in [6.45, 7) is 4.03. The van der Waals surface area contributed by atoms with Crippen molar-refractivity contribution >= 4 is 11.9 Å². The summed E-state index contributed by atoms with van der Waals surface area (Å²) in [4.78, 5) is 22.0. The van der Waals surface area contributed by atoms with Crippen molar-refractivity contribution in [2.45, 2.75) is 46.0 Å². The van der Waals surface area contributed by atoms with Crippen LogP contribution in [0.25, 0.3) is 0 Å². The van der Waals surface area contributed by atoms with Crippen LogP contribution in [0.1, 0.15) is 46.0 Å². The summed E-state index contributed by atoms with van der Waals surface area (Å²) in [5.41, 5.74) is 0. The second-order valence-electron chi connectivity index (χ2n) is 4.23. The number of ether oxygens (including phenoxy) is 1. The van der Waals surface area contributed by atoms with Crippen LogP contribution < -0.4 is 0 Å². The largest absolute Gasteiger partial charge is 0.481 e. The first kappa shape index (κ1) is 16.4. The van der Waals surface area contributed by atoms with Crippen LogP contribution in [0.2, 0.25) is 0 Å². The van der Waals surface area contributed by atoms with E-state index in [1.807, 2.05) is 6.92 Å². The number of carboxylic acid groups (broad SMARTS) is 1. The summed E-state index contributed by atoms with van der Waals surface area (Å²) in [6, 6.07) is 2.12. The Balaban J connectivity index is 4.47. The number of rotatable bonds is 9. The van der Waals surface area contributed by atoms with Gasteiger partial charge in [0.25, 0.3) is 0 Å². The predicted molar refractivity (Wildman–Crippen MR) is 65.6 cm³/mol. The summed E-state index contributed by atoms with van der Waals surface area (Å²) in [5, 5.41) is 17.7. The Bertz CT molecular complexity index is 309. The lowest BCUT2D eigenvalue weighted by atomic mass is 9.84. The summed E-state index contributed by atoms with van der Waals surface area (Å²) in [6.07, 6.45) is 2.03. The van der Waals surface area contributed by atoms with Crippen LogP contribution in [0, 0.1) is 23.2 Å². The molecule has 0 aromatic heterocycles. The summed E-state index contributed by atoms with van der Waals surface area (Å²) >= 11 is 0. The Kier molecular flexibility index (Phi) is 8.63. The number of hydrogen-bond acceptors (Lipinski definition) is 4. The lowest BCUT2D eigenvalue weighted by Gasteiger charge is -2.20. The fourth-order valence-electron chi connectivity index (χ4n) is 1.93. The zero-order valence-electron chi connectivity index (χ0n) is 11.0. The fraction of sp³-hybridized carbons (Fsp3) is 0.769. The fourth-order valence-corrected chi connectivity index (χ4v) is 1.93. The van der Waals surface area contributed by atoms with E-state index in [4.69, 9.17) is 15.1 Å². The van der Waals surface area contributed by atoms with Gasteiger partial charge in [0.1, 0.15) is 0 Å². The van der Waals surface area contributed by atoms with E-state index in [9.17, 15) is 9.59 Å². The van der Waals surface area contributed by atoms with Crippen molar-refractivity contribution in [2.24, 2.45) is 11.8 Å². The molecule has 0 aliphatic carbocycles. The first-order valence-electron chi connectivity index (χ1n) is 6.32. The highest BCUT2D eigenvalue weighted by Gasteiger charge is 2.24. The smallest absolute Gasteiger partial charge is 0.306 e. The summed E-state index contributed by atoms with van der Waals surface area (Å²) in [5.74, 6) is -1.74. The Morgan fingerprint density at radius 1 is 1.33 bits per heavy atom. The third-order valence-electron chi connectivity index (χ3n) is 2.80. The van der Waals surface area contributed by atoms with Gasteiger partial charge in [-0.3, -0.25) is 9.59 Å². The van der Waals surface area contributed by atoms with Gasteiger partial charge in [-0.05, 0) is 25.7 Å².